The molecule has 2 fully saturated rings. The van der Waals surface area contributed by atoms with Gasteiger partial charge in [0.15, 0.2) is 0 Å². The standard InChI is InChI=1S/C34H48N2/c1-19(2)28-30(33(4,5)6)23-11-9-14-27(23)36-32(28)25-17-22(25)18-34(7,8)31-24-12-10-13-26(24)35-20(3)29(31)21-15-16-21/h19,21-22,25H,9-18H2,1-8H3. The van der Waals surface area contributed by atoms with Gasteiger partial charge in [-0.1, -0.05) is 48.5 Å². The molecule has 36 heavy (non-hydrogen) atoms. The molecular formula is C34H48N2. The van der Waals surface area contributed by atoms with Gasteiger partial charge in [0.1, 0.15) is 0 Å². The summed E-state index contributed by atoms with van der Waals surface area (Å²) in [4.78, 5) is 10.6. The van der Waals surface area contributed by atoms with E-state index < -0.39 is 0 Å². The molecular weight excluding hydrogens is 436 g/mol. The maximum absolute atomic E-state index is 5.48. The van der Waals surface area contributed by atoms with E-state index in [1.807, 2.05) is 0 Å². The fourth-order valence-corrected chi connectivity index (χ4v) is 8.28. The fraction of sp³-hybridized carbons (Fsp3) is 0.706. The van der Waals surface area contributed by atoms with E-state index in [2.05, 4.69) is 55.4 Å². The van der Waals surface area contributed by atoms with Crippen LogP contribution in [0.5, 0.6) is 0 Å². The molecule has 2 aromatic rings. The third-order valence-corrected chi connectivity index (χ3v) is 9.78. The summed E-state index contributed by atoms with van der Waals surface area (Å²) < 4.78 is 0. The SMILES string of the molecule is Cc1nc2c(c(C(C)(C)CC3CC3c3nc4c(c(C(C)(C)C)c3C(C)C)CCC4)c1C1CC1)CCC2. The van der Waals surface area contributed by atoms with Crippen molar-refractivity contribution in [2.45, 2.75) is 148 Å². The summed E-state index contributed by atoms with van der Waals surface area (Å²) in [5, 5.41) is 0. The minimum absolute atomic E-state index is 0.184. The molecule has 0 saturated heterocycles. The Morgan fingerprint density at radius 2 is 1.44 bits per heavy atom. The Bertz CT molecular complexity index is 1210. The highest BCUT2D eigenvalue weighted by Gasteiger charge is 2.47. The molecule has 2 aromatic heterocycles. The van der Waals surface area contributed by atoms with Gasteiger partial charge in [-0.2, -0.15) is 0 Å². The monoisotopic (exact) mass is 484 g/mol. The first kappa shape index (κ1) is 24.6. The third kappa shape index (κ3) is 4.06. The number of rotatable bonds is 6. The Morgan fingerprint density at radius 3 is 2.03 bits per heavy atom. The second-order valence-corrected chi connectivity index (χ2v) is 14.7. The Labute approximate surface area is 220 Å². The zero-order valence-corrected chi connectivity index (χ0v) is 24.3. The number of hydrogen-bond acceptors (Lipinski definition) is 2. The second kappa shape index (κ2) is 8.40. The summed E-state index contributed by atoms with van der Waals surface area (Å²) in [7, 11) is 0. The number of fused-ring (bicyclic) bond motifs is 2. The molecule has 0 aliphatic heterocycles. The molecule has 0 bridgehead atoms. The van der Waals surface area contributed by atoms with E-state index in [-0.39, 0.29) is 10.8 Å². The highest BCUT2D eigenvalue weighted by atomic mass is 14.8. The van der Waals surface area contributed by atoms with Crippen LogP contribution in [0.15, 0.2) is 0 Å². The van der Waals surface area contributed by atoms with E-state index in [1.165, 1.54) is 87.0 Å². The molecule has 4 aliphatic carbocycles. The van der Waals surface area contributed by atoms with Crippen LogP contribution in [0.4, 0.5) is 0 Å². The van der Waals surface area contributed by atoms with Gasteiger partial charge >= 0.3 is 0 Å². The molecule has 0 spiro atoms. The average Bonchev–Trinajstić information content (AvgIpc) is 3.66. The van der Waals surface area contributed by atoms with Crippen LogP contribution in [0, 0.1) is 12.8 Å². The van der Waals surface area contributed by atoms with Crippen LogP contribution in [0.2, 0.25) is 0 Å². The topological polar surface area (TPSA) is 25.8 Å². The summed E-state index contributed by atoms with van der Waals surface area (Å²) in [6, 6.07) is 0. The van der Waals surface area contributed by atoms with Crippen LogP contribution in [0.25, 0.3) is 0 Å². The Kier molecular flexibility index (Phi) is 5.75. The normalized spacial score (nSPS) is 23.4. The molecule has 2 heteroatoms. The van der Waals surface area contributed by atoms with E-state index in [4.69, 9.17) is 9.97 Å². The van der Waals surface area contributed by atoms with Gasteiger partial charge in [-0.25, -0.2) is 0 Å². The Balaban J connectivity index is 1.36. The van der Waals surface area contributed by atoms with Crippen LogP contribution in [0.1, 0.15) is 161 Å². The van der Waals surface area contributed by atoms with Crippen molar-refractivity contribution in [2.24, 2.45) is 5.92 Å². The lowest BCUT2D eigenvalue weighted by atomic mass is 9.73. The van der Waals surface area contributed by atoms with Crippen LogP contribution >= 0.6 is 0 Å². The number of aromatic nitrogens is 2. The van der Waals surface area contributed by atoms with Gasteiger partial charge in [0.05, 0.1) is 0 Å². The summed E-state index contributed by atoms with van der Waals surface area (Å²) >= 11 is 0. The van der Waals surface area contributed by atoms with E-state index in [1.54, 1.807) is 33.4 Å². The molecule has 0 N–H and O–H groups in total. The molecule has 0 radical (unpaired) electrons. The van der Waals surface area contributed by atoms with Crippen molar-refractivity contribution in [3.8, 4) is 0 Å². The number of aryl methyl sites for hydroxylation is 3. The largest absolute Gasteiger partial charge is 0.258 e. The van der Waals surface area contributed by atoms with Crippen LogP contribution in [-0.4, -0.2) is 9.97 Å². The van der Waals surface area contributed by atoms with Gasteiger partial charge in [-0.3, -0.25) is 9.97 Å². The maximum Gasteiger partial charge on any atom is 0.0478 e. The van der Waals surface area contributed by atoms with Crippen molar-refractivity contribution in [3.63, 3.8) is 0 Å². The molecule has 6 rings (SSSR count). The highest BCUT2D eigenvalue weighted by molar-refractivity contribution is 5.52. The lowest BCUT2D eigenvalue weighted by Crippen LogP contribution is -2.24. The minimum atomic E-state index is 0.184. The maximum atomic E-state index is 5.48. The van der Waals surface area contributed by atoms with Crippen LogP contribution in [0.3, 0.4) is 0 Å². The summed E-state index contributed by atoms with van der Waals surface area (Å²) in [5.74, 6) is 2.71. The zero-order chi connectivity index (χ0) is 25.6. The zero-order valence-electron chi connectivity index (χ0n) is 24.3. The lowest BCUT2D eigenvalue weighted by Gasteiger charge is -2.32. The molecule has 4 aliphatic rings. The van der Waals surface area contributed by atoms with E-state index in [0.29, 0.717) is 11.8 Å². The van der Waals surface area contributed by atoms with Crippen molar-refractivity contribution in [3.05, 3.63) is 56.2 Å². The molecule has 2 saturated carbocycles. The third-order valence-electron chi connectivity index (χ3n) is 9.78. The average molecular weight is 485 g/mol. The van der Waals surface area contributed by atoms with Gasteiger partial charge < -0.3 is 0 Å². The van der Waals surface area contributed by atoms with Gasteiger partial charge in [0, 0.05) is 28.7 Å². The van der Waals surface area contributed by atoms with Gasteiger partial charge in [0.25, 0.3) is 0 Å². The van der Waals surface area contributed by atoms with Gasteiger partial charge in [-0.05, 0) is 133 Å². The van der Waals surface area contributed by atoms with Crippen molar-refractivity contribution in [1.82, 2.24) is 9.97 Å². The first-order valence-electron chi connectivity index (χ1n) is 15.1. The lowest BCUT2D eigenvalue weighted by molar-refractivity contribution is 0.433. The number of pyridine rings is 2. The smallest absolute Gasteiger partial charge is 0.0478 e. The van der Waals surface area contributed by atoms with Crippen molar-refractivity contribution in [2.75, 3.05) is 0 Å². The molecule has 0 amide bonds. The summed E-state index contributed by atoms with van der Waals surface area (Å²) in [5.41, 5.74) is 15.9. The number of nitrogens with zero attached hydrogens (tertiary/aromatic N) is 2. The second-order valence-electron chi connectivity index (χ2n) is 14.7. The van der Waals surface area contributed by atoms with E-state index in [0.717, 1.165) is 11.8 Å². The number of hydrogen-bond donors (Lipinski definition) is 0. The molecule has 2 nitrogen and oxygen atoms in total. The fourth-order valence-electron chi connectivity index (χ4n) is 8.28. The van der Waals surface area contributed by atoms with Gasteiger partial charge in [0.2, 0.25) is 0 Å². The van der Waals surface area contributed by atoms with E-state index >= 15 is 0 Å². The van der Waals surface area contributed by atoms with Crippen LogP contribution < -0.4 is 0 Å². The molecule has 194 valence electrons. The Hall–Kier alpha value is -1.70. The predicted molar refractivity (Wildman–Crippen MR) is 151 cm³/mol. The van der Waals surface area contributed by atoms with Crippen molar-refractivity contribution >= 4 is 0 Å². The first-order chi connectivity index (χ1) is 17.0. The molecule has 0 aromatic carbocycles. The summed E-state index contributed by atoms with van der Waals surface area (Å²) in [6.07, 6.45) is 12.7. The van der Waals surface area contributed by atoms with Crippen molar-refractivity contribution in [1.29, 1.82) is 0 Å². The first-order valence-corrected chi connectivity index (χ1v) is 15.1. The van der Waals surface area contributed by atoms with Gasteiger partial charge in [-0.15, -0.1) is 0 Å². The van der Waals surface area contributed by atoms with E-state index in [9.17, 15) is 0 Å². The quantitative estimate of drug-likeness (QED) is 0.410. The Morgan fingerprint density at radius 1 is 0.833 bits per heavy atom. The molecule has 2 unspecified atom stereocenters. The predicted octanol–water partition coefficient (Wildman–Crippen LogP) is 8.53. The van der Waals surface area contributed by atoms with Crippen LogP contribution in [-0.2, 0) is 36.5 Å². The summed E-state index contributed by atoms with van der Waals surface area (Å²) in [6.45, 7) is 19.5. The van der Waals surface area contributed by atoms with Crippen molar-refractivity contribution < 1.29 is 0 Å². The highest BCUT2D eigenvalue weighted by Crippen LogP contribution is 2.57. The molecule has 2 heterocycles. The molecule has 2 atom stereocenters. The minimum Gasteiger partial charge on any atom is -0.258 e.